The molecule has 0 aliphatic carbocycles. The molecule has 0 bridgehead atoms. The normalized spacial score (nSPS) is 16.5. The zero-order valence-electron chi connectivity index (χ0n) is 16.7. The van der Waals surface area contributed by atoms with Crippen molar-refractivity contribution in [2.75, 3.05) is 0 Å². The van der Waals surface area contributed by atoms with Crippen LogP contribution in [-0.4, -0.2) is 0 Å². The van der Waals surface area contributed by atoms with Crippen molar-refractivity contribution < 1.29 is 0 Å². The van der Waals surface area contributed by atoms with Crippen LogP contribution < -0.4 is 10.4 Å². The van der Waals surface area contributed by atoms with Crippen molar-refractivity contribution in [2.45, 2.75) is 0 Å². The lowest BCUT2D eigenvalue weighted by molar-refractivity contribution is 1.74. The molecular formula is C28H14S4. The minimum atomic E-state index is 1.33. The van der Waals surface area contributed by atoms with Crippen LogP contribution >= 0.6 is 47.0 Å². The molecule has 0 radical (unpaired) electrons. The van der Waals surface area contributed by atoms with Crippen molar-refractivity contribution in [2.24, 2.45) is 0 Å². The van der Waals surface area contributed by atoms with E-state index >= 15 is 0 Å². The fourth-order valence-electron chi connectivity index (χ4n) is 5.49. The Morgan fingerprint density at radius 3 is 1.22 bits per heavy atom. The van der Waals surface area contributed by atoms with Gasteiger partial charge in [-0.3, -0.25) is 0 Å². The second-order valence-electron chi connectivity index (χ2n) is 8.12. The van der Waals surface area contributed by atoms with Gasteiger partial charge in [-0.2, -0.15) is 0 Å². The van der Waals surface area contributed by atoms with Crippen LogP contribution in [0.25, 0.3) is 62.3 Å². The molecule has 8 rings (SSSR count). The van der Waals surface area contributed by atoms with Gasteiger partial charge in [0, 0.05) is 10.4 Å². The molecule has 0 aromatic heterocycles. The van der Waals surface area contributed by atoms with E-state index in [0.717, 1.165) is 0 Å². The Labute approximate surface area is 201 Å². The number of hydrogen-bond donors (Lipinski definition) is 0. The van der Waals surface area contributed by atoms with Gasteiger partial charge >= 0.3 is 0 Å². The topological polar surface area (TPSA) is 0 Å². The van der Waals surface area contributed by atoms with E-state index in [4.69, 9.17) is 0 Å². The molecule has 6 aromatic rings. The molecular weight excluding hydrogens is 465 g/mol. The summed E-state index contributed by atoms with van der Waals surface area (Å²) in [5.74, 6) is 0. The Kier molecular flexibility index (Phi) is 3.78. The third-order valence-electron chi connectivity index (χ3n) is 6.64. The molecule has 0 unspecified atom stereocenters. The lowest BCUT2D eigenvalue weighted by Crippen LogP contribution is -2.13. The molecule has 0 saturated carbocycles. The van der Waals surface area contributed by atoms with Crippen LogP contribution in [0.4, 0.5) is 0 Å². The number of rotatable bonds is 0. The monoisotopic (exact) mass is 478 g/mol. The van der Waals surface area contributed by atoms with Crippen molar-refractivity contribution >= 4 is 109 Å². The Morgan fingerprint density at radius 2 is 0.781 bits per heavy atom. The Hall–Kier alpha value is -2.24. The molecule has 6 aromatic carbocycles. The lowest BCUT2D eigenvalue weighted by atomic mass is 9.85. The van der Waals surface area contributed by atoms with E-state index in [9.17, 15) is 0 Å². The van der Waals surface area contributed by atoms with Crippen LogP contribution in [-0.2, 0) is 0 Å². The van der Waals surface area contributed by atoms with Gasteiger partial charge in [0.25, 0.3) is 0 Å². The first-order valence-electron chi connectivity index (χ1n) is 10.5. The maximum absolute atomic E-state index is 2.36. The van der Waals surface area contributed by atoms with Gasteiger partial charge in [0.2, 0.25) is 0 Å². The first kappa shape index (κ1) is 18.2. The van der Waals surface area contributed by atoms with Gasteiger partial charge in [-0.25, -0.2) is 0 Å². The van der Waals surface area contributed by atoms with Gasteiger partial charge in [0.1, 0.15) is 0 Å². The Morgan fingerprint density at radius 1 is 0.375 bits per heavy atom. The Bertz CT molecular complexity index is 1770. The van der Waals surface area contributed by atoms with Crippen LogP contribution in [0.5, 0.6) is 0 Å². The lowest BCUT2D eigenvalue weighted by Gasteiger charge is -2.19. The molecule has 0 nitrogen and oxygen atoms in total. The molecule has 32 heavy (non-hydrogen) atoms. The quantitative estimate of drug-likeness (QED) is 0.159. The molecule has 0 saturated heterocycles. The van der Waals surface area contributed by atoms with Gasteiger partial charge in [0.15, 0.2) is 0 Å². The van der Waals surface area contributed by atoms with Crippen molar-refractivity contribution in [3.05, 3.63) is 92.7 Å². The minimum absolute atomic E-state index is 1.33. The zero-order chi connectivity index (χ0) is 20.8. The summed E-state index contributed by atoms with van der Waals surface area (Å²) in [6.45, 7) is 0. The van der Waals surface area contributed by atoms with E-state index in [-0.39, 0.29) is 0 Å². The average Bonchev–Trinajstić information content (AvgIpc) is 3.55. The standard InChI is InChI=1S/C28H14S4/c1-3-15-7-9-20-24(28-31-13-14-32-28)18-6-2-4-16-8-10-19-23(27-29-11-12-30-27)17(5-1)21(15)25(20)26(19)22(16)18/h1-14H. The maximum atomic E-state index is 2.36. The highest BCUT2D eigenvalue weighted by atomic mass is 32.2. The average molecular weight is 479 g/mol. The van der Waals surface area contributed by atoms with Crippen molar-refractivity contribution in [3.63, 3.8) is 0 Å². The number of thioether (sulfide) groups is 4. The van der Waals surface area contributed by atoms with Gasteiger partial charge in [-0.15, -0.1) is 0 Å². The van der Waals surface area contributed by atoms with Gasteiger partial charge in [-0.1, -0.05) is 108 Å². The second kappa shape index (κ2) is 6.64. The number of hydrogen-bond acceptors (Lipinski definition) is 4. The molecule has 2 aliphatic heterocycles. The fourth-order valence-corrected chi connectivity index (χ4v) is 9.34. The minimum Gasteiger partial charge on any atom is -0.0895 e. The van der Waals surface area contributed by atoms with Crippen LogP contribution in [0.15, 0.2) is 82.3 Å². The summed E-state index contributed by atoms with van der Waals surface area (Å²) >= 11 is 7.42. The third kappa shape index (κ3) is 2.26. The first-order chi connectivity index (χ1) is 15.9. The largest absolute Gasteiger partial charge is 0.0895 e. The predicted molar refractivity (Wildman–Crippen MR) is 151 cm³/mol. The summed E-state index contributed by atoms with van der Waals surface area (Å²) in [4.78, 5) is 0. The molecule has 4 heteroatoms. The third-order valence-corrected chi connectivity index (χ3v) is 10.9. The zero-order valence-corrected chi connectivity index (χ0v) is 20.0. The molecule has 2 aliphatic rings. The van der Waals surface area contributed by atoms with E-state index in [1.807, 2.05) is 47.0 Å². The van der Waals surface area contributed by atoms with Gasteiger partial charge in [-0.05, 0) is 75.5 Å². The summed E-state index contributed by atoms with van der Waals surface area (Å²) in [6.07, 6.45) is 0. The molecule has 2 heterocycles. The first-order valence-corrected chi connectivity index (χ1v) is 14.0. The van der Waals surface area contributed by atoms with Gasteiger partial charge in [0.05, 0.1) is 8.47 Å². The smallest absolute Gasteiger partial charge is 0.0571 e. The van der Waals surface area contributed by atoms with Crippen molar-refractivity contribution in [1.82, 2.24) is 0 Å². The van der Waals surface area contributed by atoms with E-state index in [0.29, 0.717) is 0 Å². The summed E-state index contributed by atoms with van der Waals surface area (Å²) in [6, 6.07) is 23.0. The SMILES string of the molecule is C1=CSC(=c2c3cccc4ccc5c(=C6SC=CS6)c6cccc7ccc2c(c76)c5c43)S1. The van der Waals surface area contributed by atoms with Crippen LogP contribution in [0.1, 0.15) is 0 Å². The maximum Gasteiger partial charge on any atom is 0.0571 e. The molecule has 0 amide bonds. The predicted octanol–water partition coefficient (Wildman–Crippen LogP) is 8.36. The Balaban J connectivity index is 1.82. The van der Waals surface area contributed by atoms with Gasteiger partial charge < -0.3 is 0 Å². The molecule has 150 valence electrons. The molecule has 0 fully saturated rings. The summed E-state index contributed by atoms with van der Waals surface area (Å²) in [7, 11) is 0. The number of benzene rings is 6. The van der Waals surface area contributed by atoms with Crippen LogP contribution in [0.3, 0.4) is 0 Å². The molecule has 0 spiro atoms. The highest BCUT2D eigenvalue weighted by molar-refractivity contribution is 8.35. The highest BCUT2D eigenvalue weighted by Crippen LogP contribution is 2.45. The van der Waals surface area contributed by atoms with E-state index < -0.39 is 0 Å². The second-order valence-corrected chi connectivity index (χ2v) is 12.3. The molecule has 0 atom stereocenters. The van der Waals surface area contributed by atoms with E-state index in [1.165, 1.54) is 72.8 Å². The highest BCUT2D eigenvalue weighted by Gasteiger charge is 2.21. The molecule has 0 N–H and O–H groups in total. The van der Waals surface area contributed by atoms with E-state index in [2.05, 4.69) is 82.3 Å². The fraction of sp³-hybridized carbons (Fsp3) is 0. The van der Waals surface area contributed by atoms with Crippen molar-refractivity contribution in [3.8, 4) is 0 Å². The van der Waals surface area contributed by atoms with Crippen LogP contribution in [0.2, 0.25) is 0 Å². The summed E-state index contributed by atoms with van der Waals surface area (Å²) < 4.78 is 2.77. The summed E-state index contributed by atoms with van der Waals surface area (Å²) in [5.41, 5.74) is 0. The van der Waals surface area contributed by atoms with Crippen molar-refractivity contribution in [1.29, 1.82) is 0 Å². The van der Waals surface area contributed by atoms with E-state index in [1.54, 1.807) is 0 Å². The van der Waals surface area contributed by atoms with Crippen LogP contribution in [0, 0.1) is 0 Å². The summed E-state index contributed by atoms with van der Waals surface area (Å²) in [5, 5.41) is 25.5.